The molecule has 1 aromatic heterocycles. The van der Waals surface area contributed by atoms with Gasteiger partial charge in [-0.15, -0.1) is 0 Å². The monoisotopic (exact) mass is 281 g/mol. The van der Waals surface area contributed by atoms with Crippen molar-refractivity contribution < 1.29 is 8.42 Å². The number of aromatic nitrogens is 2. The maximum absolute atomic E-state index is 11.5. The lowest BCUT2D eigenvalue weighted by Gasteiger charge is -2.23. The molecule has 6 heteroatoms. The van der Waals surface area contributed by atoms with E-state index in [-0.39, 0.29) is 17.4 Å². The van der Waals surface area contributed by atoms with Crippen LogP contribution in [0.5, 0.6) is 0 Å². The lowest BCUT2D eigenvalue weighted by atomic mass is 9.87. The molecule has 1 aromatic rings. The molecule has 0 amide bonds. The lowest BCUT2D eigenvalue weighted by Crippen LogP contribution is -2.24. The number of aryl methyl sites for hydroxylation is 1. The summed E-state index contributed by atoms with van der Waals surface area (Å²) >= 11 is 0. The van der Waals surface area contributed by atoms with Gasteiger partial charge in [0, 0.05) is 17.8 Å². The topological polar surface area (TPSA) is 85.9 Å². The van der Waals surface area contributed by atoms with E-state index in [2.05, 4.69) is 9.97 Å². The Hall–Kier alpha value is -1.01. The molecule has 0 bridgehead atoms. The van der Waals surface area contributed by atoms with Gasteiger partial charge in [-0.25, -0.2) is 18.4 Å². The van der Waals surface area contributed by atoms with Crippen molar-refractivity contribution in [1.82, 2.24) is 9.97 Å². The maximum Gasteiger partial charge on any atom is 0.151 e. The summed E-state index contributed by atoms with van der Waals surface area (Å²) in [5.41, 5.74) is 7.99. The van der Waals surface area contributed by atoms with Crippen LogP contribution in [0.2, 0.25) is 0 Å². The molecule has 0 aromatic carbocycles. The Morgan fingerprint density at radius 1 is 1.37 bits per heavy atom. The molecule has 2 N–H and O–H groups in total. The SMILES string of the molecule is NCC1CCc2nc(C3CCS(=O)(=O)C3)ncc2C1. The molecule has 2 unspecified atom stereocenters. The second-order valence-corrected chi connectivity index (χ2v) is 7.87. The first-order valence-corrected chi connectivity index (χ1v) is 8.65. The molecule has 1 aliphatic carbocycles. The van der Waals surface area contributed by atoms with E-state index in [9.17, 15) is 8.42 Å². The molecule has 2 atom stereocenters. The number of hydrogen-bond acceptors (Lipinski definition) is 5. The van der Waals surface area contributed by atoms with Gasteiger partial charge in [0.15, 0.2) is 9.84 Å². The average molecular weight is 281 g/mol. The van der Waals surface area contributed by atoms with Crippen LogP contribution in [-0.2, 0) is 22.7 Å². The first kappa shape index (κ1) is 13.0. The van der Waals surface area contributed by atoms with Crippen LogP contribution in [0.1, 0.15) is 35.8 Å². The van der Waals surface area contributed by atoms with Crippen molar-refractivity contribution in [3.63, 3.8) is 0 Å². The van der Waals surface area contributed by atoms with Crippen LogP contribution in [0.4, 0.5) is 0 Å². The first-order valence-electron chi connectivity index (χ1n) is 6.82. The molecule has 1 saturated heterocycles. The van der Waals surface area contributed by atoms with E-state index in [0.717, 1.165) is 25.0 Å². The third kappa shape index (κ3) is 2.65. The number of nitrogens with two attached hydrogens (primary N) is 1. The quantitative estimate of drug-likeness (QED) is 0.850. The minimum absolute atomic E-state index is 0.0115. The predicted molar refractivity (Wildman–Crippen MR) is 72.6 cm³/mol. The first-order chi connectivity index (χ1) is 9.07. The van der Waals surface area contributed by atoms with Gasteiger partial charge in [0.1, 0.15) is 5.82 Å². The number of rotatable bonds is 2. The van der Waals surface area contributed by atoms with Crippen molar-refractivity contribution in [1.29, 1.82) is 0 Å². The number of fused-ring (bicyclic) bond motifs is 1. The predicted octanol–water partition coefficient (Wildman–Crippen LogP) is 0.442. The highest BCUT2D eigenvalue weighted by molar-refractivity contribution is 7.91. The van der Waals surface area contributed by atoms with Crippen LogP contribution in [0, 0.1) is 5.92 Å². The fourth-order valence-electron chi connectivity index (χ4n) is 2.99. The van der Waals surface area contributed by atoms with E-state index in [4.69, 9.17) is 5.73 Å². The van der Waals surface area contributed by atoms with Gasteiger partial charge in [0.25, 0.3) is 0 Å². The second-order valence-electron chi connectivity index (χ2n) is 5.64. The van der Waals surface area contributed by atoms with Gasteiger partial charge in [0.05, 0.1) is 11.5 Å². The average Bonchev–Trinajstić information content (AvgIpc) is 2.78. The molecule has 0 spiro atoms. The van der Waals surface area contributed by atoms with E-state index in [1.807, 2.05) is 6.20 Å². The Kier molecular flexibility index (Phi) is 3.30. The van der Waals surface area contributed by atoms with Crippen LogP contribution >= 0.6 is 0 Å². The highest BCUT2D eigenvalue weighted by Crippen LogP contribution is 2.29. The normalized spacial score (nSPS) is 29.1. The van der Waals surface area contributed by atoms with Gasteiger partial charge < -0.3 is 5.73 Å². The van der Waals surface area contributed by atoms with E-state index in [0.29, 0.717) is 24.7 Å². The summed E-state index contributed by atoms with van der Waals surface area (Å²) in [4.78, 5) is 9.01. The standard InChI is InChI=1S/C13H19N3O2S/c14-6-9-1-2-12-11(5-9)7-15-13(16-12)10-3-4-19(17,18)8-10/h7,9-10H,1-6,8,14H2. The zero-order valence-electron chi connectivity index (χ0n) is 10.9. The van der Waals surface area contributed by atoms with Crippen LogP contribution in [0.3, 0.4) is 0 Å². The van der Waals surface area contributed by atoms with Gasteiger partial charge >= 0.3 is 0 Å². The summed E-state index contributed by atoms with van der Waals surface area (Å²) in [5.74, 6) is 1.72. The molecule has 3 rings (SSSR count). The molecule has 5 nitrogen and oxygen atoms in total. The van der Waals surface area contributed by atoms with Crippen molar-refractivity contribution >= 4 is 9.84 Å². The Balaban J connectivity index is 1.83. The number of sulfone groups is 1. The smallest absolute Gasteiger partial charge is 0.151 e. The van der Waals surface area contributed by atoms with Crippen molar-refractivity contribution in [3.05, 3.63) is 23.3 Å². The van der Waals surface area contributed by atoms with Crippen LogP contribution in [-0.4, -0.2) is 36.4 Å². The Bertz CT molecular complexity index is 586. The van der Waals surface area contributed by atoms with Crippen LogP contribution in [0.25, 0.3) is 0 Å². The third-order valence-electron chi connectivity index (χ3n) is 4.20. The maximum atomic E-state index is 11.5. The molecule has 104 valence electrons. The van der Waals surface area contributed by atoms with Crippen molar-refractivity contribution in [3.8, 4) is 0 Å². The van der Waals surface area contributed by atoms with Gasteiger partial charge in [-0.05, 0) is 43.7 Å². The number of nitrogens with zero attached hydrogens (tertiary/aromatic N) is 2. The van der Waals surface area contributed by atoms with Crippen molar-refractivity contribution in [2.75, 3.05) is 18.1 Å². The summed E-state index contributed by atoms with van der Waals surface area (Å²) in [6.45, 7) is 0.710. The summed E-state index contributed by atoms with van der Waals surface area (Å²) in [5, 5.41) is 0. The van der Waals surface area contributed by atoms with Crippen molar-refractivity contribution in [2.45, 2.75) is 31.6 Å². The fourth-order valence-corrected chi connectivity index (χ4v) is 4.73. The van der Waals surface area contributed by atoms with Gasteiger partial charge in [-0.2, -0.15) is 0 Å². The minimum atomic E-state index is -2.87. The molecule has 1 fully saturated rings. The molecule has 2 heterocycles. The molecule has 19 heavy (non-hydrogen) atoms. The third-order valence-corrected chi connectivity index (χ3v) is 5.97. The molecular weight excluding hydrogens is 262 g/mol. The van der Waals surface area contributed by atoms with Crippen LogP contribution in [0.15, 0.2) is 6.20 Å². The summed E-state index contributed by atoms with van der Waals surface area (Å²) < 4.78 is 23.0. The Labute approximate surface area is 113 Å². The zero-order chi connectivity index (χ0) is 13.5. The summed E-state index contributed by atoms with van der Waals surface area (Å²) in [6, 6.07) is 0. The van der Waals surface area contributed by atoms with Gasteiger partial charge in [-0.1, -0.05) is 0 Å². The Morgan fingerprint density at radius 2 is 2.21 bits per heavy atom. The van der Waals surface area contributed by atoms with E-state index in [1.54, 1.807) is 0 Å². The highest BCUT2D eigenvalue weighted by atomic mass is 32.2. The molecule has 0 radical (unpaired) electrons. The molecule has 2 aliphatic rings. The van der Waals surface area contributed by atoms with E-state index < -0.39 is 9.84 Å². The summed E-state index contributed by atoms with van der Waals surface area (Å²) in [6.07, 6.45) is 5.50. The molecule has 1 aliphatic heterocycles. The van der Waals surface area contributed by atoms with Crippen molar-refractivity contribution in [2.24, 2.45) is 11.7 Å². The van der Waals surface area contributed by atoms with E-state index >= 15 is 0 Å². The van der Waals surface area contributed by atoms with E-state index in [1.165, 1.54) is 5.56 Å². The second kappa shape index (κ2) is 4.83. The minimum Gasteiger partial charge on any atom is -0.330 e. The van der Waals surface area contributed by atoms with Gasteiger partial charge in [0.2, 0.25) is 0 Å². The molecule has 0 saturated carbocycles. The zero-order valence-corrected chi connectivity index (χ0v) is 11.7. The highest BCUT2D eigenvalue weighted by Gasteiger charge is 2.31. The van der Waals surface area contributed by atoms with Gasteiger partial charge in [-0.3, -0.25) is 0 Å². The fraction of sp³-hybridized carbons (Fsp3) is 0.692. The lowest BCUT2D eigenvalue weighted by molar-refractivity contribution is 0.459. The Morgan fingerprint density at radius 3 is 2.89 bits per heavy atom. The number of hydrogen-bond donors (Lipinski definition) is 1. The largest absolute Gasteiger partial charge is 0.330 e. The molecular formula is C13H19N3O2S. The van der Waals surface area contributed by atoms with Crippen LogP contribution < -0.4 is 5.73 Å². The summed E-state index contributed by atoms with van der Waals surface area (Å²) in [7, 11) is -2.87.